The second-order valence-electron chi connectivity index (χ2n) is 6.08. The zero-order valence-electron chi connectivity index (χ0n) is 13.8. The van der Waals surface area contributed by atoms with Crippen molar-refractivity contribution < 1.29 is 23.4 Å². The summed E-state index contributed by atoms with van der Waals surface area (Å²) in [6.07, 6.45) is 2.86. The number of ether oxygens (including phenoxy) is 1. The molecule has 2 N–H and O–H groups in total. The standard InChI is InChI=1S/C17H24F2N2O3/c1-12(21-9-2-3-13(11-21)8-10-22)16(23)20-14-4-6-15(7-5-14)24-17(18)19/h4-7,12-13,17,22H,2-3,8-11H2,1H3,(H,20,23). The predicted octanol–water partition coefficient (Wildman–Crippen LogP) is 2.71. The van der Waals surface area contributed by atoms with Crippen LogP contribution in [-0.4, -0.2) is 48.3 Å². The van der Waals surface area contributed by atoms with Crippen molar-refractivity contribution in [1.29, 1.82) is 0 Å². The molecule has 1 saturated heterocycles. The lowest BCUT2D eigenvalue weighted by atomic mass is 9.94. The monoisotopic (exact) mass is 342 g/mol. The number of halogens is 2. The summed E-state index contributed by atoms with van der Waals surface area (Å²) in [6, 6.07) is 5.57. The number of anilines is 1. The van der Waals surface area contributed by atoms with Gasteiger partial charge in [-0.15, -0.1) is 0 Å². The van der Waals surface area contributed by atoms with Gasteiger partial charge >= 0.3 is 6.61 Å². The summed E-state index contributed by atoms with van der Waals surface area (Å²) in [5.41, 5.74) is 0.539. The van der Waals surface area contributed by atoms with Crippen LogP contribution in [0, 0.1) is 5.92 Å². The molecule has 0 radical (unpaired) electrons. The maximum atomic E-state index is 12.4. The van der Waals surface area contributed by atoms with E-state index in [0.717, 1.165) is 32.4 Å². The Morgan fingerprint density at radius 2 is 2.12 bits per heavy atom. The molecule has 1 fully saturated rings. The Balaban J connectivity index is 1.88. The largest absolute Gasteiger partial charge is 0.435 e. The number of nitrogens with zero attached hydrogens (tertiary/aromatic N) is 1. The van der Waals surface area contributed by atoms with Crippen LogP contribution < -0.4 is 10.1 Å². The lowest BCUT2D eigenvalue weighted by Gasteiger charge is -2.36. The van der Waals surface area contributed by atoms with E-state index in [1.54, 1.807) is 0 Å². The Hall–Kier alpha value is -1.73. The van der Waals surface area contributed by atoms with Crippen molar-refractivity contribution in [3.05, 3.63) is 24.3 Å². The lowest BCUT2D eigenvalue weighted by Crippen LogP contribution is -2.47. The van der Waals surface area contributed by atoms with E-state index in [-0.39, 0.29) is 24.3 Å². The molecular weight excluding hydrogens is 318 g/mol. The predicted molar refractivity (Wildman–Crippen MR) is 87.2 cm³/mol. The molecule has 1 aliphatic heterocycles. The van der Waals surface area contributed by atoms with Crippen molar-refractivity contribution >= 4 is 11.6 Å². The van der Waals surface area contributed by atoms with Crippen molar-refractivity contribution in [1.82, 2.24) is 4.90 Å². The maximum absolute atomic E-state index is 12.4. The summed E-state index contributed by atoms with van der Waals surface area (Å²) >= 11 is 0. The number of piperidine rings is 1. The van der Waals surface area contributed by atoms with Crippen molar-refractivity contribution in [2.24, 2.45) is 5.92 Å². The molecule has 1 amide bonds. The highest BCUT2D eigenvalue weighted by Gasteiger charge is 2.27. The molecule has 2 atom stereocenters. The van der Waals surface area contributed by atoms with Crippen molar-refractivity contribution in [3.63, 3.8) is 0 Å². The smallest absolute Gasteiger partial charge is 0.387 e. The van der Waals surface area contributed by atoms with Crippen LogP contribution in [0.4, 0.5) is 14.5 Å². The molecule has 134 valence electrons. The molecule has 1 aliphatic rings. The van der Waals surface area contributed by atoms with Gasteiger partial charge in [-0.1, -0.05) is 0 Å². The van der Waals surface area contributed by atoms with Gasteiger partial charge in [0.25, 0.3) is 0 Å². The summed E-state index contributed by atoms with van der Waals surface area (Å²) in [5, 5.41) is 11.9. The lowest BCUT2D eigenvalue weighted by molar-refractivity contribution is -0.121. The molecule has 7 heteroatoms. The van der Waals surface area contributed by atoms with E-state index in [1.807, 2.05) is 6.92 Å². The Morgan fingerprint density at radius 1 is 1.42 bits per heavy atom. The molecule has 24 heavy (non-hydrogen) atoms. The van der Waals surface area contributed by atoms with Gasteiger partial charge in [-0.25, -0.2) is 0 Å². The first-order chi connectivity index (χ1) is 11.5. The van der Waals surface area contributed by atoms with E-state index in [9.17, 15) is 13.6 Å². The number of amides is 1. The number of aliphatic hydroxyl groups excluding tert-OH is 1. The first-order valence-electron chi connectivity index (χ1n) is 8.20. The number of carbonyl (C=O) groups excluding carboxylic acids is 1. The molecule has 1 aromatic carbocycles. The van der Waals surface area contributed by atoms with Gasteiger partial charge in [-0.2, -0.15) is 8.78 Å². The molecule has 5 nitrogen and oxygen atoms in total. The number of nitrogens with one attached hydrogen (secondary N) is 1. The molecule has 1 heterocycles. The second-order valence-corrected chi connectivity index (χ2v) is 6.08. The van der Waals surface area contributed by atoms with Gasteiger partial charge in [0.05, 0.1) is 6.04 Å². The average Bonchev–Trinajstić information content (AvgIpc) is 2.56. The SMILES string of the molecule is CC(C(=O)Nc1ccc(OC(F)F)cc1)N1CCCC(CCO)C1. The second kappa shape index (κ2) is 8.94. The van der Waals surface area contributed by atoms with Crippen LogP contribution >= 0.6 is 0 Å². The molecular formula is C17H24F2N2O3. The molecule has 2 unspecified atom stereocenters. The Labute approximate surface area is 140 Å². The molecule has 0 aliphatic carbocycles. The summed E-state index contributed by atoms with van der Waals surface area (Å²) in [5.74, 6) is 0.339. The number of hydrogen-bond acceptors (Lipinski definition) is 4. The fourth-order valence-corrected chi connectivity index (χ4v) is 3.00. The summed E-state index contributed by atoms with van der Waals surface area (Å²) in [6.45, 7) is 0.821. The minimum absolute atomic E-state index is 0.0546. The van der Waals surface area contributed by atoms with Crippen molar-refractivity contribution in [2.45, 2.75) is 38.8 Å². The van der Waals surface area contributed by atoms with Crippen LogP contribution in [0.1, 0.15) is 26.2 Å². The molecule has 1 aromatic rings. The molecule has 0 saturated carbocycles. The fraction of sp³-hybridized carbons (Fsp3) is 0.588. The first-order valence-corrected chi connectivity index (χ1v) is 8.20. The highest BCUT2D eigenvalue weighted by Crippen LogP contribution is 2.22. The summed E-state index contributed by atoms with van der Waals surface area (Å²) in [4.78, 5) is 14.5. The number of aliphatic hydroxyl groups is 1. The third kappa shape index (κ3) is 5.42. The van der Waals surface area contributed by atoms with Gasteiger partial charge in [-0.3, -0.25) is 9.69 Å². The number of likely N-dealkylation sites (tertiary alicyclic amines) is 1. The van der Waals surface area contributed by atoms with Crippen molar-refractivity contribution in [2.75, 3.05) is 25.0 Å². The molecule has 0 spiro atoms. The van der Waals surface area contributed by atoms with Crippen LogP contribution in [0.25, 0.3) is 0 Å². The van der Waals surface area contributed by atoms with E-state index in [0.29, 0.717) is 11.6 Å². The summed E-state index contributed by atoms with van der Waals surface area (Å²) < 4.78 is 28.5. The Bertz CT molecular complexity index is 523. The topological polar surface area (TPSA) is 61.8 Å². The molecule has 0 aromatic heterocycles. The third-order valence-corrected chi connectivity index (χ3v) is 4.36. The van der Waals surface area contributed by atoms with Crippen LogP contribution in [-0.2, 0) is 4.79 Å². The van der Waals surface area contributed by atoms with E-state index >= 15 is 0 Å². The third-order valence-electron chi connectivity index (χ3n) is 4.36. The molecule has 2 rings (SSSR count). The molecule has 0 bridgehead atoms. The zero-order valence-corrected chi connectivity index (χ0v) is 13.8. The quantitative estimate of drug-likeness (QED) is 0.800. The minimum atomic E-state index is -2.86. The number of rotatable bonds is 7. The van der Waals surface area contributed by atoms with E-state index in [2.05, 4.69) is 15.0 Å². The van der Waals surface area contributed by atoms with Gasteiger partial charge in [0, 0.05) is 18.8 Å². The van der Waals surface area contributed by atoms with Crippen LogP contribution in [0.3, 0.4) is 0 Å². The number of carbonyl (C=O) groups is 1. The van der Waals surface area contributed by atoms with Crippen LogP contribution in [0.15, 0.2) is 24.3 Å². The van der Waals surface area contributed by atoms with E-state index in [1.165, 1.54) is 24.3 Å². The normalized spacial score (nSPS) is 20.0. The van der Waals surface area contributed by atoms with Crippen LogP contribution in [0.5, 0.6) is 5.75 Å². The maximum Gasteiger partial charge on any atom is 0.387 e. The highest BCUT2D eigenvalue weighted by molar-refractivity contribution is 5.94. The van der Waals surface area contributed by atoms with E-state index in [4.69, 9.17) is 5.11 Å². The van der Waals surface area contributed by atoms with Crippen molar-refractivity contribution in [3.8, 4) is 5.75 Å². The fourth-order valence-electron chi connectivity index (χ4n) is 3.00. The van der Waals surface area contributed by atoms with Gasteiger partial charge in [0.1, 0.15) is 5.75 Å². The number of alkyl halides is 2. The van der Waals surface area contributed by atoms with Gasteiger partial charge < -0.3 is 15.2 Å². The van der Waals surface area contributed by atoms with Gasteiger partial charge in [-0.05, 0) is 62.9 Å². The number of benzene rings is 1. The van der Waals surface area contributed by atoms with Crippen LogP contribution in [0.2, 0.25) is 0 Å². The minimum Gasteiger partial charge on any atom is -0.435 e. The Morgan fingerprint density at radius 3 is 2.75 bits per heavy atom. The van der Waals surface area contributed by atoms with Gasteiger partial charge in [0.2, 0.25) is 5.91 Å². The highest BCUT2D eigenvalue weighted by atomic mass is 19.3. The van der Waals surface area contributed by atoms with Gasteiger partial charge in [0.15, 0.2) is 0 Å². The summed E-state index contributed by atoms with van der Waals surface area (Å²) in [7, 11) is 0. The number of hydrogen-bond donors (Lipinski definition) is 2. The van der Waals surface area contributed by atoms with E-state index < -0.39 is 6.61 Å². The average molecular weight is 342 g/mol. The Kier molecular flexibility index (Phi) is 6.93. The zero-order chi connectivity index (χ0) is 17.5. The first kappa shape index (κ1) is 18.6.